The van der Waals surface area contributed by atoms with E-state index in [-0.39, 0.29) is 0 Å². The molecule has 11 aromatic rings. The Hall–Kier alpha value is -8.27. The highest BCUT2D eigenvalue weighted by atomic mass is 14.9. The van der Waals surface area contributed by atoms with Gasteiger partial charge in [-0.05, 0) is 74.2 Å². The molecule has 12 rings (SSSR count). The maximum atomic E-state index is 5.40. The summed E-state index contributed by atoms with van der Waals surface area (Å²) in [7, 11) is 0. The van der Waals surface area contributed by atoms with Crippen LogP contribution in [-0.4, -0.2) is 15.0 Å². The molecular weight excluding hydrogens is 763 g/mol. The highest BCUT2D eigenvalue weighted by Crippen LogP contribution is 2.57. The SMILES string of the molecule is c1ccc(-c2cc(-c3ccc(-c4ccc(-c5nc6ccccc6c6cc7c(cc56)-c5ccccc5C7(c5ccccc5)c5ccccc5)cc4)cc3)nc(-c3ccccc3)n2)cc1. The summed E-state index contributed by atoms with van der Waals surface area (Å²) in [6.45, 7) is 0. The van der Waals surface area contributed by atoms with Crippen LogP contribution >= 0.6 is 0 Å². The second kappa shape index (κ2) is 15.0. The van der Waals surface area contributed by atoms with Crippen molar-refractivity contribution < 1.29 is 0 Å². The van der Waals surface area contributed by atoms with Gasteiger partial charge in [-0.2, -0.15) is 0 Å². The molecule has 63 heavy (non-hydrogen) atoms. The van der Waals surface area contributed by atoms with E-state index in [2.05, 4.69) is 200 Å². The fourth-order valence-electron chi connectivity index (χ4n) is 9.83. The van der Waals surface area contributed by atoms with Crippen LogP contribution < -0.4 is 0 Å². The first kappa shape index (κ1) is 36.6. The average Bonchev–Trinajstić information content (AvgIpc) is 3.66. The number of pyridine rings is 1. The lowest BCUT2D eigenvalue weighted by Crippen LogP contribution is -2.28. The van der Waals surface area contributed by atoms with Gasteiger partial charge < -0.3 is 0 Å². The number of aromatic nitrogens is 3. The van der Waals surface area contributed by atoms with Crippen molar-refractivity contribution in [2.45, 2.75) is 5.41 Å². The van der Waals surface area contributed by atoms with Crippen molar-refractivity contribution in [3.63, 3.8) is 0 Å². The minimum absolute atomic E-state index is 0.480. The van der Waals surface area contributed by atoms with Gasteiger partial charge >= 0.3 is 0 Å². The monoisotopic (exact) mass is 801 g/mol. The molecule has 3 nitrogen and oxygen atoms in total. The number of hydrogen-bond donors (Lipinski definition) is 0. The summed E-state index contributed by atoms with van der Waals surface area (Å²) in [5, 5.41) is 3.50. The Kier molecular flexibility index (Phi) is 8.72. The van der Waals surface area contributed by atoms with Crippen molar-refractivity contribution in [1.82, 2.24) is 15.0 Å². The molecule has 294 valence electrons. The molecule has 1 aliphatic carbocycles. The third-order valence-electron chi connectivity index (χ3n) is 12.8. The number of hydrogen-bond acceptors (Lipinski definition) is 3. The van der Waals surface area contributed by atoms with Crippen LogP contribution in [-0.2, 0) is 5.41 Å². The topological polar surface area (TPSA) is 38.7 Å². The summed E-state index contributed by atoms with van der Waals surface area (Å²) < 4.78 is 0. The Morgan fingerprint density at radius 1 is 0.286 bits per heavy atom. The number of para-hydroxylation sites is 1. The Bertz CT molecular complexity index is 3360. The zero-order valence-corrected chi connectivity index (χ0v) is 34.4. The Balaban J connectivity index is 0.961. The predicted molar refractivity (Wildman–Crippen MR) is 259 cm³/mol. The van der Waals surface area contributed by atoms with Gasteiger partial charge in [-0.15, -0.1) is 0 Å². The van der Waals surface area contributed by atoms with E-state index >= 15 is 0 Å². The molecule has 0 unspecified atom stereocenters. The highest BCUT2D eigenvalue weighted by molar-refractivity contribution is 6.13. The number of rotatable bonds is 7. The standard InChI is InChI=1S/C60H39N3/c1-5-17-42(18-6-1)56-39-57(63-59(62-56)45-19-7-2-8-20-45)43-33-29-40(30-34-43)41-31-35-44(36-32-41)58-52-37-51-48-25-13-15-27-53(48)60(46-21-9-3-10-22-46,47-23-11-4-12-24-47)54(51)38-50(52)49-26-14-16-28-55(49)61-58/h1-39H. The van der Waals surface area contributed by atoms with E-state index < -0.39 is 5.41 Å². The maximum Gasteiger partial charge on any atom is 0.160 e. The fraction of sp³-hybridized carbons (Fsp3) is 0.0167. The van der Waals surface area contributed by atoms with E-state index in [0.29, 0.717) is 5.82 Å². The Labute approximate surface area is 366 Å². The summed E-state index contributed by atoms with van der Waals surface area (Å²) in [6.07, 6.45) is 0. The second-order valence-corrected chi connectivity index (χ2v) is 16.3. The van der Waals surface area contributed by atoms with Gasteiger partial charge in [0.05, 0.1) is 28.0 Å². The minimum atomic E-state index is -0.480. The normalized spacial score (nSPS) is 12.6. The van der Waals surface area contributed by atoms with E-state index in [0.717, 1.165) is 66.8 Å². The molecule has 0 amide bonds. The van der Waals surface area contributed by atoms with Crippen LogP contribution in [0, 0.1) is 0 Å². The van der Waals surface area contributed by atoms with Gasteiger partial charge in [0.25, 0.3) is 0 Å². The van der Waals surface area contributed by atoms with Crippen molar-refractivity contribution in [1.29, 1.82) is 0 Å². The lowest BCUT2D eigenvalue weighted by Gasteiger charge is -2.34. The zero-order chi connectivity index (χ0) is 41.7. The van der Waals surface area contributed by atoms with Crippen molar-refractivity contribution in [2.24, 2.45) is 0 Å². The lowest BCUT2D eigenvalue weighted by atomic mass is 9.67. The van der Waals surface area contributed by atoms with E-state index in [9.17, 15) is 0 Å². The molecule has 9 aromatic carbocycles. The van der Waals surface area contributed by atoms with Crippen LogP contribution in [0.3, 0.4) is 0 Å². The largest absolute Gasteiger partial charge is 0.247 e. The third-order valence-corrected chi connectivity index (χ3v) is 12.8. The molecule has 0 bridgehead atoms. The Morgan fingerprint density at radius 3 is 1.41 bits per heavy atom. The van der Waals surface area contributed by atoms with E-state index in [1.165, 1.54) is 38.8 Å². The summed E-state index contributed by atoms with van der Waals surface area (Å²) in [6, 6.07) is 84.6. The molecule has 0 saturated heterocycles. The second-order valence-electron chi connectivity index (χ2n) is 16.3. The predicted octanol–water partition coefficient (Wildman–Crippen LogP) is 14.9. The van der Waals surface area contributed by atoms with Crippen LogP contribution in [0.5, 0.6) is 0 Å². The molecular formula is C60H39N3. The zero-order valence-electron chi connectivity index (χ0n) is 34.4. The van der Waals surface area contributed by atoms with Gasteiger partial charge in [0, 0.05) is 33.0 Å². The molecule has 0 saturated carbocycles. The van der Waals surface area contributed by atoms with Crippen molar-refractivity contribution in [3.05, 3.63) is 259 Å². The summed E-state index contributed by atoms with van der Waals surface area (Å²) >= 11 is 0. The Morgan fingerprint density at radius 2 is 0.778 bits per heavy atom. The molecule has 1 aliphatic rings. The van der Waals surface area contributed by atoms with Crippen LogP contribution in [0.15, 0.2) is 237 Å². The molecule has 0 N–H and O–H groups in total. The smallest absolute Gasteiger partial charge is 0.160 e. The van der Waals surface area contributed by atoms with Gasteiger partial charge in [0.15, 0.2) is 5.82 Å². The summed E-state index contributed by atoms with van der Waals surface area (Å²) in [4.78, 5) is 15.4. The maximum absolute atomic E-state index is 5.40. The first-order chi connectivity index (χ1) is 31.2. The van der Waals surface area contributed by atoms with Gasteiger partial charge in [0.1, 0.15) is 0 Å². The molecule has 2 heterocycles. The van der Waals surface area contributed by atoms with Crippen molar-refractivity contribution in [3.8, 4) is 67.4 Å². The van der Waals surface area contributed by atoms with Crippen LogP contribution in [0.2, 0.25) is 0 Å². The fourth-order valence-corrected chi connectivity index (χ4v) is 9.83. The van der Waals surface area contributed by atoms with Gasteiger partial charge in [-0.3, -0.25) is 0 Å². The van der Waals surface area contributed by atoms with Gasteiger partial charge in [-0.25, -0.2) is 15.0 Å². The molecule has 2 aromatic heterocycles. The van der Waals surface area contributed by atoms with Gasteiger partial charge in [0.2, 0.25) is 0 Å². The summed E-state index contributed by atoms with van der Waals surface area (Å²) in [5.74, 6) is 0.710. The molecule has 0 spiro atoms. The minimum Gasteiger partial charge on any atom is -0.247 e. The van der Waals surface area contributed by atoms with E-state index in [4.69, 9.17) is 15.0 Å². The molecule has 0 atom stereocenters. The van der Waals surface area contributed by atoms with Crippen LogP contribution in [0.1, 0.15) is 22.3 Å². The van der Waals surface area contributed by atoms with Gasteiger partial charge in [-0.1, -0.05) is 212 Å². The lowest BCUT2D eigenvalue weighted by molar-refractivity contribution is 0.769. The molecule has 0 fully saturated rings. The van der Waals surface area contributed by atoms with Crippen molar-refractivity contribution in [2.75, 3.05) is 0 Å². The molecule has 3 heteroatoms. The van der Waals surface area contributed by atoms with E-state index in [1.807, 2.05) is 36.4 Å². The summed E-state index contributed by atoms with van der Waals surface area (Å²) in [5.41, 5.74) is 17.3. The van der Waals surface area contributed by atoms with Crippen LogP contribution in [0.25, 0.3) is 89.1 Å². The highest BCUT2D eigenvalue weighted by Gasteiger charge is 2.46. The third kappa shape index (κ3) is 6.08. The number of fused-ring (bicyclic) bond motifs is 6. The number of benzene rings is 9. The number of nitrogens with zero attached hydrogens (tertiary/aromatic N) is 3. The first-order valence-corrected chi connectivity index (χ1v) is 21.5. The average molecular weight is 802 g/mol. The van der Waals surface area contributed by atoms with Crippen LogP contribution in [0.4, 0.5) is 0 Å². The van der Waals surface area contributed by atoms with Crippen molar-refractivity contribution >= 4 is 21.7 Å². The molecule has 0 aliphatic heterocycles. The first-order valence-electron chi connectivity index (χ1n) is 21.5. The molecule has 0 radical (unpaired) electrons. The van der Waals surface area contributed by atoms with E-state index in [1.54, 1.807) is 0 Å². The quantitative estimate of drug-likeness (QED) is 0.151.